The Morgan fingerprint density at radius 1 is 1.38 bits per heavy atom. The number of ether oxygens (including phenoxy) is 1. The van der Waals surface area contributed by atoms with Gasteiger partial charge in [0, 0.05) is 13.6 Å². The zero-order valence-electron chi connectivity index (χ0n) is 8.58. The van der Waals surface area contributed by atoms with Gasteiger partial charge in [-0.05, 0) is 18.8 Å². The molecule has 76 valence electrons. The van der Waals surface area contributed by atoms with Crippen LogP contribution in [0.2, 0.25) is 0 Å². The summed E-state index contributed by atoms with van der Waals surface area (Å²) in [7, 11) is 3.24. The monoisotopic (exact) mass is 185 g/mol. The Morgan fingerprint density at radius 3 is 2.54 bits per heavy atom. The molecule has 0 bridgehead atoms. The van der Waals surface area contributed by atoms with Crippen LogP contribution < -0.4 is 0 Å². The summed E-state index contributed by atoms with van der Waals surface area (Å²) >= 11 is 0. The van der Waals surface area contributed by atoms with E-state index >= 15 is 0 Å². The minimum atomic E-state index is -0.217. The number of hydrogen-bond donors (Lipinski definition) is 0. The maximum atomic E-state index is 11.1. The van der Waals surface area contributed by atoms with Crippen molar-refractivity contribution in [2.75, 3.05) is 20.7 Å². The molecule has 0 saturated heterocycles. The van der Waals surface area contributed by atoms with Crippen LogP contribution in [0.25, 0.3) is 0 Å². The van der Waals surface area contributed by atoms with Crippen molar-refractivity contribution in [1.82, 2.24) is 4.90 Å². The molecule has 0 atom stereocenters. The van der Waals surface area contributed by atoms with E-state index in [-0.39, 0.29) is 6.09 Å². The summed E-state index contributed by atoms with van der Waals surface area (Å²) in [4.78, 5) is 12.8. The Balaban J connectivity index is 2.25. The first-order valence-corrected chi connectivity index (χ1v) is 5.03. The topological polar surface area (TPSA) is 29.5 Å². The molecule has 1 saturated carbocycles. The lowest BCUT2D eigenvalue weighted by Gasteiger charge is -2.26. The second-order valence-corrected chi connectivity index (χ2v) is 3.85. The smallest absolute Gasteiger partial charge is 0.409 e. The van der Waals surface area contributed by atoms with Gasteiger partial charge in [0.05, 0.1) is 7.11 Å². The van der Waals surface area contributed by atoms with E-state index in [4.69, 9.17) is 0 Å². The summed E-state index contributed by atoms with van der Waals surface area (Å²) < 4.78 is 4.64. The number of carbonyl (C=O) groups is 1. The number of hydrogen-bond acceptors (Lipinski definition) is 2. The molecule has 0 unspecified atom stereocenters. The van der Waals surface area contributed by atoms with Crippen molar-refractivity contribution in [1.29, 1.82) is 0 Å². The Hall–Kier alpha value is -0.730. The number of amides is 1. The third kappa shape index (κ3) is 3.25. The van der Waals surface area contributed by atoms with Gasteiger partial charge in [-0.3, -0.25) is 0 Å². The predicted octanol–water partition coefficient (Wildman–Crippen LogP) is 2.26. The highest BCUT2D eigenvalue weighted by molar-refractivity contribution is 5.66. The van der Waals surface area contributed by atoms with Crippen LogP contribution in [0.15, 0.2) is 0 Å². The van der Waals surface area contributed by atoms with Crippen LogP contribution in [0.1, 0.15) is 32.1 Å². The van der Waals surface area contributed by atoms with E-state index in [0.717, 1.165) is 6.54 Å². The summed E-state index contributed by atoms with van der Waals surface area (Å²) in [6, 6.07) is 0. The van der Waals surface area contributed by atoms with Gasteiger partial charge in [-0.15, -0.1) is 0 Å². The number of carbonyl (C=O) groups excluding carboxylic acids is 1. The van der Waals surface area contributed by atoms with Crippen molar-refractivity contribution < 1.29 is 9.53 Å². The Labute approximate surface area is 80.1 Å². The van der Waals surface area contributed by atoms with Crippen LogP contribution in [0.4, 0.5) is 4.79 Å². The molecular formula is C10H19NO2. The van der Waals surface area contributed by atoms with Crippen LogP contribution in [0, 0.1) is 5.92 Å². The van der Waals surface area contributed by atoms with Gasteiger partial charge in [0.25, 0.3) is 0 Å². The molecule has 0 N–H and O–H groups in total. The highest BCUT2D eigenvalue weighted by Crippen LogP contribution is 2.24. The number of methoxy groups -OCH3 is 1. The molecule has 1 aliphatic carbocycles. The van der Waals surface area contributed by atoms with Crippen molar-refractivity contribution in [2.45, 2.75) is 32.1 Å². The van der Waals surface area contributed by atoms with Crippen molar-refractivity contribution >= 4 is 6.09 Å². The van der Waals surface area contributed by atoms with Crippen molar-refractivity contribution in [2.24, 2.45) is 5.92 Å². The Morgan fingerprint density at radius 2 is 2.00 bits per heavy atom. The highest BCUT2D eigenvalue weighted by atomic mass is 16.5. The Bertz CT molecular complexity index is 164. The fourth-order valence-corrected chi connectivity index (χ4v) is 1.99. The average Bonchev–Trinajstić information content (AvgIpc) is 2.18. The minimum Gasteiger partial charge on any atom is -0.453 e. The normalized spacial score (nSPS) is 18.3. The minimum absolute atomic E-state index is 0.217. The van der Waals surface area contributed by atoms with E-state index < -0.39 is 0 Å². The molecule has 0 spiro atoms. The molecular weight excluding hydrogens is 166 g/mol. The van der Waals surface area contributed by atoms with Crippen LogP contribution in [0.3, 0.4) is 0 Å². The summed E-state index contributed by atoms with van der Waals surface area (Å²) in [6.45, 7) is 0.854. The third-order valence-electron chi connectivity index (χ3n) is 2.74. The summed E-state index contributed by atoms with van der Waals surface area (Å²) in [5, 5.41) is 0. The zero-order chi connectivity index (χ0) is 9.68. The average molecular weight is 185 g/mol. The summed E-state index contributed by atoms with van der Waals surface area (Å²) in [5.74, 6) is 0.692. The van der Waals surface area contributed by atoms with Gasteiger partial charge >= 0.3 is 6.09 Å². The molecule has 1 fully saturated rings. The van der Waals surface area contributed by atoms with E-state index in [0.29, 0.717) is 5.92 Å². The molecule has 3 nitrogen and oxygen atoms in total. The molecule has 0 aliphatic heterocycles. The van der Waals surface area contributed by atoms with Gasteiger partial charge in [-0.1, -0.05) is 19.3 Å². The van der Waals surface area contributed by atoms with Crippen molar-refractivity contribution in [3.63, 3.8) is 0 Å². The fraction of sp³-hybridized carbons (Fsp3) is 0.900. The lowest BCUT2D eigenvalue weighted by atomic mass is 9.89. The van der Waals surface area contributed by atoms with Crippen LogP contribution >= 0.6 is 0 Å². The lowest BCUT2D eigenvalue weighted by Crippen LogP contribution is -2.32. The van der Waals surface area contributed by atoms with E-state index in [1.54, 1.807) is 11.9 Å². The summed E-state index contributed by atoms with van der Waals surface area (Å²) in [5.41, 5.74) is 0. The van der Waals surface area contributed by atoms with Crippen molar-refractivity contribution in [3.05, 3.63) is 0 Å². The van der Waals surface area contributed by atoms with Gasteiger partial charge in [0.2, 0.25) is 0 Å². The predicted molar refractivity (Wildman–Crippen MR) is 51.6 cm³/mol. The fourth-order valence-electron chi connectivity index (χ4n) is 1.99. The van der Waals surface area contributed by atoms with E-state index in [9.17, 15) is 4.79 Å². The standard InChI is InChI=1S/C10H19NO2/c1-11(10(12)13-2)8-9-6-4-3-5-7-9/h9H,3-8H2,1-2H3. The maximum absolute atomic E-state index is 11.1. The van der Waals surface area contributed by atoms with Crippen molar-refractivity contribution in [3.8, 4) is 0 Å². The molecule has 0 heterocycles. The number of rotatable bonds is 2. The van der Waals surface area contributed by atoms with E-state index in [1.165, 1.54) is 39.2 Å². The van der Waals surface area contributed by atoms with Gasteiger partial charge in [0.15, 0.2) is 0 Å². The third-order valence-corrected chi connectivity index (χ3v) is 2.74. The van der Waals surface area contributed by atoms with E-state index in [2.05, 4.69) is 4.74 Å². The summed E-state index contributed by atoms with van der Waals surface area (Å²) in [6.07, 6.45) is 6.31. The zero-order valence-corrected chi connectivity index (χ0v) is 8.58. The van der Waals surface area contributed by atoms with Gasteiger partial charge < -0.3 is 9.64 Å². The second-order valence-electron chi connectivity index (χ2n) is 3.85. The molecule has 0 aromatic heterocycles. The molecule has 1 aliphatic rings. The first kappa shape index (κ1) is 10.4. The number of nitrogens with zero attached hydrogens (tertiary/aromatic N) is 1. The molecule has 1 amide bonds. The molecule has 3 heteroatoms. The maximum Gasteiger partial charge on any atom is 0.409 e. The molecule has 0 radical (unpaired) electrons. The first-order chi connectivity index (χ1) is 6.24. The molecule has 0 aromatic carbocycles. The second kappa shape index (κ2) is 5.10. The Kier molecular flexibility index (Phi) is 4.06. The lowest BCUT2D eigenvalue weighted by molar-refractivity contribution is 0.123. The van der Waals surface area contributed by atoms with E-state index in [1.807, 2.05) is 0 Å². The van der Waals surface area contributed by atoms with Crippen LogP contribution in [0.5, 0.6) is 0 Å². The first-order valence-electron chi connectivity index (χ1n) is 5.03. The van der Waals surface area contributed by atoms with Gasteiger partial charge in [0.1, 0.15) is 0 Å². The highest BCUT2D eigenvalue weighted by Gasteiger charge is 2.17. The molecule has 0 aromatic rings. The molecule has 1 rings (SSSR count). The van der Waals surface area contributed by atoms with Crippen LogP contribution in [-0.4, -0.2) is 31.7 Å². The van der Waals surface area contributed by atoms with Gasteiger partial charge in [-0.2, -0.15) is 0 Å². The van der Waals surface area contributed by atoms with Crippen LogP contribution in [-0.2, 0) is 4.74 Å². The molecule has 13 heavy (non-hydrogen) atoms. The quantitative estimate of drug-likeness (QED) is 0.660. The van der Waals surface area contributed by atoms with Gasteiger partial charge in [-0.25, -0.2) is 4.79 Å². The SMILES string of the molecule is COC(=O)N(C)CC1CCCCC1. The largest absolute Gasteiger partial charge is 0.453 e.